The maximum atomic E-state index is 12.2. The molecule has 1 N–H and O–H groups in total. The molecule has 3 nitrogen and oxygen atoms in total. The van der Waals surface area contributed by atoms with Crippen molar-refractivity contribution in [2.75, 3.05) is 0 Å². The molecule has 0 saturated heterocycles. The summed E-state index contributed by atoms with van der Waals surface area (Å²) in [6.07, 6.45) is 2.27. The third-order valence-corrected chi connectivity index (χ3v) is 5.00. The molecular weight excluding hydrogens is 234 g/mol. The Morgan fingerprint density at radius 3 is 2.53 bits per heavy atom. The van der Waals surface area contributed by atoms with E-state index in [9.17, 15) is 8.42 Å². The van der Waals surface area contributed by atoms with E-state index in [0.29, 0.717) is 10.8 Å². The summed E-state index contributed by atoms with van der Waals surface area (Å²) in [6, 6.07) is 5.56. The van der Waals surface area contributed by atoms with Crippen molar-refractivity contribution in [1.82, 2.24) is 4.72 Å². The second kappa shape index (κ2) is 4.42. The van der Waals surface area contributed by atoms with Gasteiger partial charge in [-0.3, -0.25) is 0 Å². The SMILES string of the molecule is Cc1ccc(C)c(S(=O)(=O)N[C@@H](C)C2CC2)c1. The van der Waals surface area contributed by atoms with E-state index in [2.05, 4.69) is 4.72 Å². The Hall–Kier alpha value is -0.870. The molecule has 1 saturated carbocycles. The van der Waals surface area contributed by atoms with Crippen molar-refractivity contribution < 1.29 is 8.42 Å². The van der Waals surface area contributed by atoms with Crippen molar-refractivity contribution in [3.8, 4) is 0 Å². The van der Waals surface area contributed by atoms with E-state index >= 15 is 0 Å². The Kier molecular flexibility index (Phi) is 3.27. The Morgan fingerprint density at radius 1 is 1.29 bits per heavy atom. The lowest BCUT2D eigenvalue weighted by atomic mass is 10.2. The van der Waals surface area contributed by atoms with Crippen LogP contribution in [0, 0.1) is 19.8 Å². The quantitative estimate of drug-likeness (QED) is 0.895. The molecule has 1 aromatic rings. The molecule has 4 heteroatoms. The van der Waals surface area contributed by atoms with Gasteiger partial charge in [-0.2, -0.15) is 0 Å². The maximum Gasteiger partial charge on any atom is 0.241 e. The minimum absolute atomic E-state index is 0.0416. The van der Waals surface area contributed by atoms with Crippen molar-refractivity contribution in [2.24, 2.45) is 5.92 Å². The first kappa shape index (κ1) is 12.6. The smallest absolute Gasteiger partial charge is 0.208 e. The molecule has 1 aliphatic carbocycles. The van der Waals surface area contributed by atoms with Crippen molar-refractivity contribution in [2.45, 2.75) is 44.6 Å². The fourth-order valence-corrected chi connectivity index (χ4v) is 3.64. The van der Waals surface area contributed by atoms with Crippen LogP contribution in [-0.4, -0.2) is 14.5 Å². The van der Waals surface area contributed by atoms with E-state index in [1.807, 2.05) is 32.9 Å². The van der Waals surface area contributed by atoms with Gasteiger partial charge in [-0.15, -0.1) is 0 Å². The monoisotopic (exact) mass is 253 g/mol. The van der Waals surface area contributed by atoms with Crippen LogP contribution >= 0.6 is 0 Å². The number of hydrogen-bond acceptors (Lipinski definition) is 2. The number of sulfonamides is 1. The van der Waals surface area contributed by atoms with Crippen molar-refractivity contribution in [1.29, 1.82) is 0 Å². The van der Waals surface area contributed by atoms with Crippen LogP contribution in [0.3, 0.4) is 0 Å². The fraction of sp³-hybridized carbons (Fsp3) is 0.538. The molecule has 0 unspecified atom stereocenters. The van der Waals surface area contributed by atoms with E-state index in [-0.39, 0.29) is 6.04 Å². The average Bonchev–Trinajstić information content (AvgIpc) is 3.04. The third kappa shape index (κ3) is 2.87. The highest BCUT2D eigenvalue weighted by Gasteiger charge is 2.31. The molecule has 1 aromatic carbocycles. The Labute approximate surface area is 103 Å². The zero-order valence-corrected chi connectivity index (χ0v) is 11.3. The van der Waals surface area contributed by atoms with Gasteiger partial charge in [0.15, 0.2) is 0 Å². The second-order valence-corrected chi connectivity index (χ2v) is 6.70. The summed E-state index contributed by atoms with van der Waals surface area (Å²) < 4.78 is 27.2. The number of nitrogens with one attached hydrogen (secondary N) is 1. The minimum atomic E-state index is -3.37. The van der Waals surface area contributed by atoms with Crippen LogP contribution in [0.15, 0.2) is 23.1 Å². The van der Waals surface area contributed by atoms with E-state index in [0.717, 1.165) is 24.0 Å². The molecule has 0 aromatic heterocycles. The number of rotatable bonds is 4. The second-order valence-electron chi connectivity index (χ2n) is 5.02. The molecule has 0 amide bonds. The molecule has 1 fully saturated rings. The van der Waals surface area contributed by atoms with Gasteiger partial charge in [0.1, 0.15) is 0 Å². The lowest BCUT2D eigenvalue weighted by molar-refractivity contribution is 0.537. The zero-order valence-electron chi connectivity index (χ0n) is 10.5. The van der Waals surface area contributed by atoms with Crippen LogP contribution in [0.5, 0.6) is 0 Å². The van der Waals surface area contributed by atoms with Gasteiger partial charge < -0.3 is 0 Å². The average molecular weight is 253 g/mol. The van der Waals surface area contributed by atoms with Gasteiger partial charge in [-0.1, -0.05) is 12.1 Å². The first-order chi connectivity index (χ1) is 7.90. The molecule has 1 atom stereocenters. The Morgan fingerprint density at radius 2 is 1.94 bits per heavy atom. The Balaban J connectivity index is 2.27. The van der Waals surface area contributed by atoms with Crippen LogP contribution in [0.1, 0.15) is 30.9 Å². The number of benzene rings is 1. The summed E-state index contributed by atoms with van der Waals surface area (Å²) in [5.74, 6) is 0.523. The summed E-state index contributed by atoms with van der Waals surface area (Å²) in [6.45, 7) is 5.68. The molecule has 0 radical (unpaired) electrons. The van der Waals surface area contributed by atoms with Crippen LogP contribution in [0.25, 0.3) is 0 Å². The molecule has 0 spiro atoms. The Bertz CT molecular complexity index is 518. The first-order valence-electron chi connectivity index (χ1n) is 6.00. The lowest BCUT2D eigenvalue weighted by Gasteiger charge is -2.15. The maximum absolute atomic E-state index is 12.2. The van der Waals surface area contributed by atoms with Crippen molar-refractivity contribution >= 4 is 10.0 Å². The summed E-state index contributed by atoms with van der Waals surface area (Å²) in [7, 11) is -3.37. The summed E-state index contributed by atoms with van der Waals surface area (Å²) in [5.41, 5.74) is 1.76. The van der Waals surface area contributed by atoms with E-state index < -0.39 is 10.0 Å². The van der Waals surface area contributed by atoms with Crippen LogP contribution in [0.2, 0.25) is 0 Å². The fourth-order valence-electron chi connectivity index (χ4n) is 2.00. The predicted molar refractivity (Wildman–Crippen MR) is 68.4 cm³/mol. The van der Waals surface area contributed by atoms with Gasteiger partial charge >= 0.3 is 0 Å². The van der Waals surface area contributed by atoms with Gasteiger partial charge in [-0.25, -0.2) is 13.1 Å². The van der Waals surface area contributed by atoms with Crippen molar-refractivity contribution in [3.63, 3.8) is 0 Å². The normalized spacial score (nSPS) is 18.1. The summed E-state index contributed by atoms with van der Waals surface area (Å²) in [5, 5.41) is 0. The molecule has 0 aliphatic heterocycles. The molecule has 1 aliphatic rings. The highest BCUT2D eigenvalue weighted by molar-refractivity contribution is 7.89. The van der Waals surface area contributed by atoms with Crippen LogP contribution in [0.4, 0.5) is 0 Å². The van der Waals surface area contributed by atoms with Gasteiger partial charge in [0, 0.05) is 6.04 Å². The van der Waals surface area contributed by atoms with Gasteiger partial charge in [0.2, 0.25) is 10.0 Å². The van der Waals surface area contributed by atoms with Gasteiger partial charge in [0.05, 0.1) is 4.90 Å². The molecule has 0 heterocycles. The van der Waals surface area contributed by atoms with Crippen LogP contribution in [-0.2, 0) is 10.0 Å². The standard InChI is InChI=1S/C13H19NO2S/c1-9-4-5-10(2)13(8-9)17(15,16)14-11(3)12-6-7-12/h4-5,8,11-12,14H,6-7H2,1-3H3/t11-/m0/s1. The van der Waals surface area contributed by atoms with E-state index in [1.54, 1.807) is 6.07 Å². The minimum Gasteiger partial charge on any atom is -0.208 e. The number of aryl methyl sites for hydroxylation is 2. The lowest BCUT2D eigenvalue weighted by Crippen LogP contribution is -2.34. The summed E-state index contributed by atoms with van der Waals surface area (Å²) in [4.78, 5) is 0.407. The largest absolute Gasteiger partial charge is 0.241 e. The van der Waals surface area contributed by atoms with Crippen LogP contribution < -0.4 is 4.72 Å². The summed E-state index contributed by atoms with van der Waals surface area (Å²) >= 11 is 0. The highest BCUT2D eigenvalue weighted by Crippen LogP contribution is 2.33. The van der Waals surface area contributed by atoms with Gasteiger partial charge in [-0.05, 0) is 56.7 Å². The molecule has 2 rings (SSSR count). The third-order valence-electron chi connectivity index (χ3n) is 3.30. The molecule has 0 bridgehead atoms. The molecule has 17 heavy (non-hydrogen) atoms. The predicted octanol–water partition coefficient (Wildman–Crippen LogP) is 2.38. The zero-order chi connectivity index (χ0) is 12.6. The highest BCUT2D eigenvalue weighted by atomic mass is 32.2. The van der Waals surface area contributed by atoms with Crippen molar-refractivity contribution in [3.05, 3.63) is 29.3 Å². The molecule has 94 valence electrons. The first-order valence-corrected chi connectivity index (χ1v) is 7.48. The van der Waals surface area contributed by atoms with E-state index in [1.165, 1.54) is 0 Å². The topological polar surface area (TPSA) is 46.2 Å². The number of hydrogen-bond donors (Lipinski definition) is 1. The molecular formula is C13H19NO2S. The van der Waals surface area contributed by atoms with E-state index in [4.69, 9.17) is 0 Å². The van der Waals surface area contributed by atoms with Gasteiger partial charge in [0.25, 0.3) is 0 Å².